The van der Waals surface area contributed by atoms with Crippen LogP contribution in [0.4, 0.5) is 4.79 Å². The van der Waals surface area contributed by atoms with Crippen molar-refractivity contribution < 1.29 is 14.3 Å². The summed E-state index contributed by atoms with van der Waals surface area (Å²) in [6.45, 7) is 4.44. The van der Waals surface area contributed by atoms with Gasteiger partial charge in [-0.1, -0.05) is 0 Å². The lowest BCUT2D eigenvalue weighted by Crippen LogP contribution is -2.38. The molecule has 0 aromatic heterocycles. The number of primary amides is 1. The van der Waals surface area contributed by atoms with E-state index in [2.05, 4.69) is 9.64 Å². The SMILES string of the molecule is NC(=O)OCCN1CCOCC1. The fraction of sp³-hybridized carbons (Fsp3) is 0.857. The van der Waals surface area contributed by atoms with Gasteiger partial charge in [-0.3, -0.25) is 4.90 Å². The van der Waals surface area contributed by atoms with Crippen LogP contribution < -0.4 is 5.73 Å². The van der Waals surface area contributed by atoms with Gasteiger partial charge in [-0.05, 0) is 0 Å². The van der Waals surface area contributed by atoms with E-state index in [0.29, 0.717) is 6.61 Å². The zero-order chi connectivity index (χ0) is 8.81. The molecule has 5 nitrogen and oxygen atoms in total. The molecule has 12 heavy (non-hydrogen) atoms. The lowest BCUT2D eigenvalue weighted by Gasteiger charge is -2.25. The Morgan fingerprint density at radius 3 is 2.75 bits per heavy atom. The van der Waals surface area contributed by atoms with Crippen LogP contribution in [-0.4, -0.2) is 50.4 Å². The van der Waals surface area contributed by atoms with Crippen LogP contribution in [0.3, 0.4) is 0 Å². The minimum Gasteiger partial charge on any atom is -0.448 e. The normalized spacial score (nSPS) is 19.0. The number of carbonyl (C=O) groups is 1. The second-order valence-corrected chi connectivity index (χ2v) is 2.62. The Hall–Kier alpha value is -0.810. The maximum Gasteiger partial charge on any atom is 0.404 e. The average molecular weight is 174 g/mol. The van der Waals surface area contributed by atoms with Crippen LogP contribution >= 0.6 is 0 Å². The van der Waals surface area contributed by atoms with Gasteiger partial charge in [0.1, 0.15) is 6.61 Å². The molecule has 0 aromatic carbocycles. The lowest BCUT2D eigenvalue weighted by atomic mass is 10.4. The fourth-order valence-electron chi connectivity index (χ4n) is 1.10. The van der Waals surface area contributed by atoms with Crippen molar-refractivity contribution in [3.05, 3.63) is 0 Å². The van der Waals surface area contributed by atoms with Crippen molar-refractivity contribution in [2.24, 2.45) is 5.73 Å². The first kappa shape index (κ1) is 9.28. The summed E-state index contributed by atoms with van der Waals surface area (Å²) in [4.78, 5) is 12.4. The number of ether oxygens (including phenoxy) is 2. The molecule has 0 atom stereocenters. The topological polar surface area (TPSA) is 64.8 Å². The molecule has 1 aliphatic rings. The van der Waals surface area contributed by atoms with Crippen molar-refractivity contribution in [2.45, 2.75) is 0 Å². The summed E-state index contributed by atoms with van der Waals surface area (Å²) in [6.07, 6.45) is -0.705. The van der Waals surface area contributed by atoms with E-state index >= 15 is 0 Å². The smallest absolute Gasteiger partial charge is 0.404 e. The van der Waals surface area contributed by atoms with Crippen molar-refractivity contribution in [3.8, 4) is 0 Å². The highest BCUT2D eigenvalue weighted by Gasteiger charge is 2.09. The third-order valence-electron chi connectivity index (χ3n) is 1.76. The monoisotopic (exact) mass is 174 g/mol. The molecule has 1 heterocycles. The van der Waals surface area contributed by atoms with Gasteiger partial charge >= 0.3 is 6.09 Å². The second kappa shape index (κ2) is 4.95. The third kappa shape index (κ3) is 3.54. The Kier molecular flexibility index (Phi) is 3.83. The van der Waals surface area contributed by atoms with Crippen LogP contribution in [0, 0.1) is 0 Å². The van der Waals surface area contributed by atoms with E-state index in [4.69, 9.17) is 10.5 Å². The molecule has 2 N–H and O–H groups in total. The van der Waals surface area contributed by atoms with Gasteiger partial charge in [0.25, 0.3) is 0 Å². The molecule has 5 heteroatoms. The number of carbonyl (C=O) groups excluding carboxylic acids is 1. The molecule has 0 radical (unpaired) electrons. The van der Waals surface area contributed by atoms with Gasteiger partial charge in [0, 0.05) is 19.6 Å². The standard InChI is InChI=1S/C7H14N2O3/c8-7(10)12-6-3-9-1-4-11-5-2-9/h1-6H2,(H2,8,10). The first-order valence-corrected chi connectivity index (χ1v) is 4.01. The van der Waals surface area contributed by atoms with Gasteiger partial charge in [-0.2, -0.15) is 0 Å². The quantitative estimate of drug-likeness (QED) is 0.621. The molecule has 70 valence electrons. The summed E-state index contributed by atoms with van der Waals surface area (Å²) in [6, 6.07) is 0. The number of hydrogen-bond acceptors (Lipinski definition) is 4. The summed E-state index contributed by atoms with van der Waals surface area (Å²) < 4.78 is 9.75. The Morgan fingerprint density at radius 1 is 1.50 bits per heavy atom. The maximum atomic E-state index is 10.2. The summed E-state index contributed by atoms with van der Waals surface area (Å²) in [5.41, 5.74) is 4.80. The number of hydrogen-bond donors (Lipinski definition) is 1. The molecule has 1 aliphatic heterocycles. The van der Waals surface area contributed by atoms with Crippen molar-refractivity contribution >= 4 is 6.09 Å². The highest BCUT2D eigenvalue weighted by atomic mass is 16.5. The van der Waals surface area contributed by atoms with Crippen molar-refractivity contribution in [3.63, 3.8) is 0 Å². The molecular formula is C7H14N2O3. The average Bonchev–Trinajstić information content (AvgIpc) is 2.05. The minimum atomic E-state index is -0.705. The summed E-state index contributed by atoms with van der Waals surface area (Å²) >= 11 is 0. The molecule has 0 unspecified atom stereocenters. The Morgan fingerprint density at radius 2 is 2.17 bits per heavy atom. The van der Waals surface area contributed by atoms with E-state index in [1.807, 2.05) is 0 Å². The predicted octanol–water partition coefficient (Wildman–Crippen LogP) is -0.586. The fourth-order valence-corrected chi connectivity index (χ4v) is 1.10. The molecule has 0 saturated carbocycles. The molecule has 0 aromatic rings. The maximum absolute atomic E-state index is 10.2. The molecule has 1 fully saturated rings. The highest BCUT2D eigenvalue weighted by Crippen LogP contribution is 1.95. The molecule has 0 aliphatic carbocycles. The van der Waals surface area contributed by atoms with Crippen LogP contribution in [0.15, 0.2) is 0 Å². The van der Waals surface area contributed by atoms with Gasteiger partial charge in [-0.15, -0.1) is 0 Å². The molecule has 0 spiro atoms. The van der Waals surface area contributed by atoms with E-state index in [1.165, 1.54) is 0 Å². The minimum absolute atomic E-state index is 0.370. The van der Waals surface area contributed by atoms with E-state index in [1.54, 1.807) is 0 Å². The van der Waals surface area contributed by atoms with E-state index in [0.717, 1.165) is 32.8 Å². The molecular weight excluding hydrogens is 160 g/mol. The summed E-state index contributed by atoms with van der Waals surface area (Å²) in [5.74, 6) is 0. The Labute approximate surface area is 71.4 Å². The second-order valence-electron chi connectivity index (χ2n) is 2.62. The molecule has 1 saturated heterocycles. The van der Waals surface area contributed by atoms with Crippen molar-refractivity contribution in [1.29, 1.82) is 0 Å². The molecule has 1 amide bonds. The van der Waals surface area contributed by atoms with E-state index in [-0.39, 0.29) is 0 Å². The summed E-state index contributed by atoms with van der Waals surface area (Å²) in [5, 5.41) is 0. The third-order valence-corrected chi connectivity index (χ3v) is 1.76. The van der Waals surface area contributed by atoms with Crippen molar-refractivity contribution in [1.82, 2.24) is 4.90 Å². The van der Waals surface area contributed by atoms with Gasteiger partial charge < -0.3 is 15.2 Å². The van der Waals surface area contributed by atoms with E-state index in [9.17, 15) is 4.79 Å². The summed E-state index contributed by atoms with van der Waals surface area (Å²) in [7, 11) is 0. The van der Waals surface area contributed by atoms with Crippen molar-refractivity contribution in [2.75, 3.05) is 39.5 Å². The zero-order valence-electron chi connectivity index (χ0n) is 6.99. The van der Waals surface area contributed by atoms with Crippen LogP contribution in [-0.2, 0) is 9.47 Å². The lowest BCUT2D eigenvalue weighted by molar-refractivity contribution is 0.0287. The van der Waals surface area contributed by atoms with Gasteiger partial charge in [0.2, 0.25) is 0 Å². The number of nitrogens with two attached hydrogens (primary N) is 1. The molecule has 0 bridgehead atoms. The Balaban J connectivity index is 2.01. The van der Waals surface area contributed by atoms with Crippen LogP contribution in [0.5, 0.6) is 0 Å². The molecule has 1 rings (SSSR count). The zero-order valence-corrected chi connectivity index (χ0v) is 6.99. The Bertz CT molecular complexity index is 146. The van der Waals surface area contributed by atoms with E-state index < -0.39 is 6.09 Å². The number of amides is 1. The van der Waals surface area contributed by atoms with Crippen LogP contribution in [0.25, 0.3) is 0 Å². The highest BCUT2D eigenvalue weighted by molar-refractivity contribution is 5.64. The van der Waals surface area contributed by atoms with Gasteiger partial charge in [0.15, 0.2) is 0 Å². The van der Waals surface area contributed by atoms with Crippen LogP contribution in [0.1, 0.15) is 0 Å². The largest absolute Gasteiger partial charge is 0.448 e. The first-order chi connectivity index (χ1) is 5.79. The van der Waals surface area contributed by atoms with Gasteiger partial charge in [0.05, 0.1) is 13.2 Å². The van der Waals surface area contributed by atoms with Crippen LogP contribution in [0.2, 0.25) is 0 Å². The number of rotatable bonds is 3. The first-order valence-electron chi connectivity index (χ1n) is 4.01. The number of nitrogens with zero attached hydrogens (tertiary/aromatic N) is 1. The number of morpholine rings is 1. The predicted molar refractivity (Wildman–Crippen MR) is 42.8 cm³/mol. The van der Waals surface area contributed by atoms with Gasteiger partial charge in [-0.25, -0.2) is 4.79 Å².